The molecular weight excluding hydrogens is 272 g/mol. The van der Waals surface area contributed by atoms with Gasteiger partial charge < -0.3 is 10.6 Å². The predicted octanol–water partition coefficient (Wildman–Crippen LogP) is 1.31. The molecule has 20 heavy (non-hydrogen) atoms. The van der Waals surface area contributed by atoms with E-state index in [9.17, 15) is 4.79 Å². The van der Waals surface area contributed by atoms with E-state index in [1.807, 2.05) is 5.51 Å². The van der Waals surface area contributed by atoms with E-state index < -0.39 is 0 Å². The Morgan fingerprint density at radius 3 is 2.80 bits per heavy atom. The van der Waals surface area contributed by atoms with Crippen LogP contribution in [0.5, 0.6) is 0 Å². The molecule has 1 aliphatic heterocycles. The summed E-state index contributed by atoms with van der Waals surface area (Å²) in [6, 6.07) is 0.894. The summed E-state index contributed by atoms with van der Waals surface area (Å²) in [5.74, 6) is 0.102. The summed E-state index contributed by atoms with van der Waals surface area (Å²) in [5, 5.41) is 6.37. The minimum Gasteiger partial charge on any atom is -0.358 e. The molecule has 0 saturated carbocycles. The molecule has 2 N–H and O–H groups in total. The zero-order chi connectivity index (χ0) is 14.5. The highest BCUT2D eigenvalue weighted by molar-refractivity contribution is 7.09. The van der Waals surface area contributed by atoms with Crippen molar-refractivity contribution in [3.63, 3.8) is 0 Å². The average molecular weight is 296 g/mol. The molecule has 0 aliphatic carbocycles. The van der Waals surface area contributed by atoms with E-state index >= 15 is 0 Å². The molecule has 1 aromatic heterocycles. The van der Waals surface area contributed by atoms with Crippen LogP contribution >= 0.6 is 11.3 Å². The third-order valence-corrected chi connectivity index (χ3v) is 5.01. The summed E-state index contributed by atoms with van der Waals surface area (Å²) >= 11 is 1.72. The Bertz CT molecular complexity index is 440. The lowest BCUT2D eigenvalue weighted by molar-refractivity contribution is -0.122. The molecule has 0 radical (unpaired) electrons. The van der Waals surface area contributed by atoms with Crippen LogP contribution in [-0.2, 0) is 4.79 Å². The standard InChI is InChI=1S/C14H24N4OS/c1-10-14(20-9-16-10)11(2)17-12-4-6-18(7-5-12)8-13(19)15-3/h9,11-12,17H,4-8H2,1-3H3,(H,15,19). The summed E-state index contributed by atoms with van der Waals surface area (Å²) in [6.07, 6.45) is 2.19. The van der Waals surface area contributed by atoms with Gasteiger partial charge in [0.1, 0.15) is 0 Å². The average Bonchev–Trinajstić information content (AvgIpc) is 2.87. The Hall–Kier alpha value is -0.980. The second-order valence-electron chi connectivity index (χ2n) is 5.41. The molecule has 2 rings (SSSR count). The van der Waals surface area contributed by atoms with Crippen molar-refractivity contribution in [3.8, 4) is 0 Å². The summed E-state index contributed by atoms with van der Waals surface area (Å²) in [4.78, 5) is 19.2. The van der Waals surface area contributed by atoms with Gasteiger partial charge in [-0.3, -0.25) is 9.69 Å². The molecule has 6 heteroatoms. The molecule has 1 fully saturated rings. The van der Waals surface area contributed by atoms with E-state index in [-0.39, 0.29) is 5.91 Å². The monoisotopic (exact) mass is 296 g/mol. The molecule has 0 aromatic carbocycles. The third-order valence-electron chi connectivity index (χ3n) is 3.90. The van der Waals surface area contributed by atoms with Crippen LogP contribution in [0.25, 0.3) is 0 Å². The van der Waals surface area contributed by atoms with Crippen LogP contribution in [-0.4, -0.2) is 48.5 Å². The molecule has 0 bridgehead atoms. The number of rotatable bonds is 5. The maximum absolute atomic E-state index is 11.4. The number of nitrogens with one attached hydrogen (secondary N) is 2. The first-order valence-electron chi connectivity index (χ1n) is 7.19. The number of thiazole rings is 1. The Balaban J connectivity index is 1.77. The van der Waals surface area contributed by atoms with Crippen LogP contribution in [0, 0.1) is 6.92 Å². The maximum atomic E-state index is 11.4. The lowest BCUT2D eigenvalue weighted by Crippen LogP contribution is -2.46. The van der Waals surface area contributed by atoms with Crippen LogP contribution in [0.2, 0.25) is 0 Å². The topological polar surface area (TPSA) is 57.3 Å². The number of amides is 1. The van der Waals surface area contributed by atoms with Crippen LogP contribution in [0.4, 0.5) is 0 Å². The van der Waals surface area contributed by atoms with E-state index in [1.54, 1.807) is 18.4 Å². The number of aryl methyl sites for hydroxylation is 1. The fraction of sp³-hybridized carbons (Fsp3) is 0.714. The normalized spacial score (nSPS) is 18.9. The van der Waals surface area contributed by atoms with Crippen molar-refractivity contribution >= 4 is 17.2 Å². The molecule has 1 atom stereocenters. The maximum Gasteiger partial charge on any atom is 0.233 e. The number of carbonyl (C=O) groups is 1. The van der Waals surface area contributed by atoms with Crippen LogP contribution < -0.4 is 10.6 Å². The Kier molecular flexibility index (Phi) is 5.51. The highest BCUT2D eigenvalue weighted by atomic mass is 32.1. The molecule has 1 amide bonds. The highest BCUT2D eigenvalue weighted by Crippen LogP contribution is 2.23. The van der Waals surface area contributed by atoms with Gasteiger partial charge >= 0.3 is 0 Å². The lowest BCUT2D eigenvalue weighted by atomic mass is 10.0. The van der Waals surface area contributed by atoms with Gasteiger partial charge in [-0.2, -0.15) is 0 Å². The molecule has 5 nitrogen and oxygen atoms in total. The van der Waals surface area contributed by atoms with Gasteiger partial charge in [-0.15, -0.1) is 11.3 Å². The van der Waals surface area contributed by atoms with Gasteiger partial charge in [0, 0.05) is 37.1 Å². The van der Waals surface area contributed by atoms with Gasteiger partial charge in [-0.1, -0.05) is 0 Å². The first-order chi connectivity index (χ1) is 9.60. The minimum atomic E-state index is 0.102. The largest absolute Gasteiger partial charge is 0.358 e. The zero-order valence-electron chi connectivity index (χ0n) is 12.5. The SMILES string of the molecule is CNC(=O)CN1CCC(NC(C)c2scnc2C)CC1. The molecule has 0 spiro atoms. The molecule has 1 unspecified atom stereocenters. The van der Waals surface area contributed by atoms with Crippen molar-refractivity contribution in [2.45, 2.75) is 38.8 Å². The lowest BCUT2D eigenvalue weighted by Gasteiger charge is -2.33. The van der Waals surface area contributed by atoms with E-state index in [0.29, 0.717) is 18.6 Å². The van der Waals surface area contributed by atoms with Gasteiger partial charge in [0.25, 0.3) is 0 Å². The number of hydrogen-bond acceptors (Lipinski definition) is 5. The number of nitrogens with zero attached hydrogens (tertiary/aromatic N) is 2. The number of piperidine rings is 1. The fourth-order valence-corrected chi connectivity index (χ4v) is 3.52. The first-order valence-corrected chi connectivity index (χ1v) is 8.07. The number of likely N-dealkylation sites (tertiary alicyclic amines) is 1. The fourth-order valence-electron chi connectivity index (χ4n) is 2.70. The molecule has 1 saturated heterocycles. The van der Waals surface area contributed by atoms with Crippen molar-refractivity contribution in [2.75, 3.05) is 26.7 Å². The number of carbonyl (C=O) groups excluding carboxylic acids is 1. The Morgan fingerprint density at radius 2 is 2.25 bits per heavy atom. The molecule has 1 aliphatic rings. The molecule has 1 aromatic rings. The second kappa shape index (κ2) is 7.15. The van der Waals surface area contributed by atoms with Crippen molar-refractivity contribution in [1.82, 2.24) is 20.5 Å². The summed E-state index contributed by atoms with van der Waals surface area (Å²) < 4.78 is 0. The quantitative estimate of drug-likeness (QED) is 0.860. The van der Waals surface area contributed by atoms with Gasteiger partial charge in [0.05, 0.1) is 17.7 Å². The number of likely N-dealkylation sites (N-methyl/N-ethyl adjacent to an activating group) is 1. The van der Waals surface area contributed by atoms with E-state index in [2.05, 4.69) is 34.4 Å². The Morgan fingerprint density at radius 1 is 1.55 bits per heavy atom. The smallest absolute Gasteiger partial charge is 0.233 e. The molecular formula is C14H24N4OS. The minimum absolute atomic E-state index is 0.102. The van der Waals surface area contributed by atoms with Crippen molar-refractivity contribution in [1.29, 1.82) is 0 Å². The number of hydrogen-bond donors (Lipinski definition) is 2. The van der Waals surface area contributed by atoms with E-state index in [0.717, 1.165) is 31.6 Å². The first kappa shape index (κ1) is 15.4. The van der Waals surface area contributed by atoms with Crippen LogP contribution in [0.3, 0.4) is 0 Å². The van der Waals surface area contributed by atoms with Crippen LogP contribution in [0.15, 0.2) is 5.51 Å². The van der Waals surface area contributed by atoms with Gasteiger partial charge in [-0.25, -0.2) is 4.98 Å². The van der Waals surface area contributed by atoms with E-state index in [4.69, 9.17) is 0 Å². The molecule has 2 heterocycles. The summed E-state index contributed by atoms with van der Waals surface area (Å²) in [5.41, 5.74) is 3.04. The van der Waals surface area contributed by atoms with Crippen molar-refractivity contribution in [3.05, 3.63) is 16.1 Å². The highest BCUT2D eigenvalue weighted by Gasteiger charge is 2.22. The van der Waals surface area contributed by atoms with Crippen molar-refractivity contribution in [2.24, 2.45) is 0 Å². The summed E-state index contributed by atoms with van der Waals surface area (Å²) in [6.45, 7) is 6.76. The summed E-state index contributed by atoms with van der Waals surface area (Å²) in [7, 11) is 1.69. The predicted molar refractivity (Wildman–Crippen MR) is 81.9 cm³/mol. The molecule has 112 valence electrons. The number of aromatic nitrogens is 1. The second-order valence-corrected chi connectivity index (χ2v) is 6.30. The van der Waals surface area contributed by atoms with Crippen molar-refractivity contribution < 1.29 is 4.79 Å². The van der Waals surface area contributed by atoms with Gasteiger partial charge in [-0.05, 0) is 26.7 Å². The van der Waals surface area contributed by atoms with Crippen LogP contribution in [0.1, 0.15) is 36.4 Å². The third kappa shape index (κ3) is 4.01. The van der Waals surface area contributed by atoms with Gasteiger partial charge in [0.15, 0.2) is 0 Å². The zero-order valence-corrected chi connectivity index (χ0v) is 13.3. The Labute approximate surface area is 124 Å². The van der Waals surface area contributed by atoms with E-state index in [1.165, 1.54) is 4.88 Å². The van der Waals surface area contributed by atoms with Gasteiger partial charge in [0.2, 0.25) is 5.91 Å².